The zero-order valence-corrected chi connectivity index (χ0v) is 8.21. The van der Waals surface area contributed by atoms with Gasteiger partial charge in [0.2, 0.25) is 0 Å². The van der Waals surface area contributed by atoms with Crippen molar-refractivity contribution in [3.05, 3.63) is 24.3 Å². The zero-order valence-electron chi connectivity index (χ0n) is 8.21. The monoisotopic (exact) mass is 183 g/mol. The lowest BCUT2D eigenvalue weighted by atomic mass is 10.2. The molecule has 0 aliphatic carbocycles. The van der Waals surface area contributed by atoms with Gasteiger partial charge in [0.25, 0.3) is 0 Å². The highest BCUT2D eigenvalue weighted by molar-refractivity contribution is 5.86. The first-order valence-electron chi connectivity index (χ1n) is 4.40. The Morgan fingerprint density at radius 3 is 2.69 bits per heavy atom. The molecule has 0 spiro atoms. The van der Waals surface area contributed by atoms with Gasteiger partial charge in [-0.15, -0.1) is 6.58 Å². The Morgan fingerprint density at radius 2 is 2.31 bits per heavy atom. The van der Waals surface area contributed by atoms with Crippen LogP contribution >= 0.6 is 0 Å². The van der Waals surface area contributed by atoms with E-state index < -0.39 is 5.97 Å². The van der Waals surface area contributed by atoms with Gasteiger partial charge >= 0.3 is 5.97 Å². The van der Waals surface area contributed by atoms with Gasteiger partial charge in [-0.3, -0.25) is 0 Å². The van der Waals surface area contributed by atoms with Crippen LogP contribution in [0, 0.1) is 0 Å². The predicted octanol–water partition coefficient (Wildman–Crippen LogP) is 1.57. The third kappa shape index (κ3) is 5.20. The Balaban J connectivity index is 3.93. The largest absolute Gasteiger partial charge is 0.478 e. The lowest BCUT2D eigenvalue weighted by Crippen LogP contribution is -2.24. The van der Waals surface area contributed by atoms with Crippen LogP contribution in [0.1, 0.15) is 20.3 Å². The molecule has 0 aliphatic heterocycles. The van der Waals surface area contributed by atoms with E-state index in [1.807, 2.05) is 13.8 Å². The molecule has 0 saturated carbocycles. The number of carboxylic acid groups (broad SMARTS) is 1. The van der Waals surface area contributed by atoms with Gasteiger partial charge in [0.1, 0.15) is 0 Å². The molecule has 0 amide bonds. The molecule has 0 aromatic rings. The Hall–Kier alpha value is -1.09. The number of carbonyl (C=O) groups is 1. The van der Waals surface area contributed by atoms with Crippen molar-refractivity contribution in [3.63, 3.8) is 0 Å². The first-order valence-corrected chi connectivity index (χ1v) is 4.40. The summed E-state index contributed by atoms with van der Waals surface area (Å²) in [6.45, 7) is 7.98. The van der Waals surface area contributed by atoms with Gasteiger partial charge in [-0.1, -0.05) is 19.1 Å². The molecule has 0 fully saturated rings. The maximum Gasteiger partial charge on any atom is 0.331 e. The van der Waals surface area contributed by atoms with E-state index in [4.69, 9.17) is 5.11 Å². The summed E-state index contributed by atoms with van der Waals surface area (Å²) in [6.07, 6.45) is 4.03. The summed E-state index contributed by atoms with van der Waals surface area (Å²) in [6, 6.07) is 0.211. The summed E-state index contributed by atoms with van der Waals surface area (Å²) >= 11 is 0. The molecule has 1 atom stereocenters. The van der Waals surface area contributed by atoms with Crippen molar-refractivity contribution in [3.8, 4) is 0 Å². The Morgan fingerprint density at radius 1 is 1.69 bits per heavy atom. The lowest BCUT2D eigenvalue weighted by molar-refractivity contribution is -0.132. The standard InChI is InChI=1S/C10H17NO2/c1-4-8(3)11-7-6-9(5-2)10(12)13/h4,6,8,11H,1,5,7H2,2-3H3,(H,12,13)/b9-6-. The zero-order chi connectivity index (χ0) is 10.3. The third-order valence-electron chi connectivity index (χ3n) is 1.80. The van der Waals surface area contributed by atoms with Crippen LogP contribution in [0.5, 0.6) is 0 Å². The Kier molecular flexibility index (Phi) is 5.89. The predicted molar refractivity (Wildman–Crippen MR) is 53.7 cm³/mol. The van der Waals surface area contributed by atoms with Crippen LogP contribution in [0.15, 0.2) is 24.3 Å². The molecule has 13 heavy (non-hydrogen) atoms. The first-order chi connectivity index (χ1) is 6.11. The van der Waals surface area contributed by atoms with Crippen LogP contribution in [-0.2, 0) is 4.79 Å². The fourth-order valence-electron chi connectivity index (χ4n) is 0.834. The van der Waals surface area contributed by atoms with Gasteiger partial charge in [0, 0.05) is 18.2 Å². The highest BCUT2D eigenvalue weighted by Gasteiger charge is 2.02. The molecule has 0 radical (unpaired) electrons. The minimum atomic E-state index is -0.837. The van der Waals surface area contributed by atoms with E-state index in [1.165, 1.54) is 0 Å². The van der Waals surface area contributed by atoms with Gasteiger partial charge < -0.3 is 10.4 Å². The second-order valence-corrected chi connectivity index (χ2v) is 2.82. The van der Waals surface area contributed by atoms with Crippen LogP contribution in [0.25, 0.3) is 0 Å². The molecule has 74 valence electrons. The van der Waals surface area contributed by atoms with Gasteiger partial charge in [-0.25, -0.2) is 4.79 Å². The maximum atomic E-state index is 10.6. The molecular weight excluding hydrogens is 166 g/mol. The van der Waals surface area contributed by atoms with Crippen molar-refractivity contribution in [2.24, 2.45) is 0 Å². The molecule has 0 aromatic carbocycles. The average Bonchev–Trinajstić information content (AvgIpc) is 2.11. The highest BCUT2D eigenvalue weighted by atomic mass is 16.4. The number of rotatable bonds is 6. The lowest BCUT2D eigenvalue weighted by Gasteiger charge is -2.06. The van der Waals surface area contributed by atoms with Crippen molar-refractivity contribution in [1.82, 2.24) is 5.32 Å². The van der Waals surface area contributed by atoms with Gasteiger partial charge in [-0.2, -0.15) is 0 Å². The second kappa shape index (κ2) is 6.43. The van der Waals surface area contributed by atoms with Crippen LogP contribution in [0.4, 0.5) is 0 Å². The van der Waals surface area contributed by atoms with Crippen molar-refractivity contribution >= 4 is 5.97 Å². The van der Waals surface area contributed by atoms with E-state index in [1.54, 1.807) is 12.2 Å². The fraction of sp³-hybridized carbons (Fsp3) is 0.500. The highest BCUT2D eigenvalue weighted by Crippen LogP contribution is 1.99. The van der Waals surface area contributed by atoms with Crippen LogP contribution < -0.4 is 5.32 Å². The minimum Gasteiger partial charge on any atom is -0.478 e. The van der Waals surface area contributed by atoms with Crippen LogP contribution in [-0.4, -0.2) is 23.7 Å². The molecule has 0 saturated heterocycles. The Bertz CT molecular complexity index is 209. The molecule has 0 aliphatic rings. The van der Waals surface area contributed by atoms with E-state index in [-0.39, 0.29) is 6.04 Å². The molecule has 3 heteroatoms. The molecule has 2 N–H and O–H groups in total. The number of nitrogens with one attached hydrogen (secondary N) is 1. The third-order valence-corrected chi connectivity index (χ3v) is 1.80. The van der Waals surface area contributed by atoms with Gasteiger partial charge in [0.05, 0.1) is 0 Å². The van der Waals surface area contributed by atoms with E-state index in [2.05, 4.69) is 11.9 Å². The fourth-order valence-corrected chi connectivity index (χ4v) is 0.834. The van der Waals surface area contributed by atoms with Crippen molar-refractivity contribution in [1.29, 1.82) is 0 Å². The number of hydrogen-bond donors (Lipinski definition) is 2. The van der Waals surface area contributed by atoms with Gasteiger partial charge in [-0.05, 0) is 13.3 Å². The topological polar surface area (TPSA) is 49.3 Å². The van der Waals surface area contributed by atoms with E-state index in [9.17, 15) is 4.79 Å². The molecule has 0 heterocycles. The van der Waals surface area contributed by atoms with Crippen molar-refractivity contribution in [2.45, 2.75) is 26.3 Å². The van der Waals surface area contributed by atoms with Gasteiger partial charge in [0.15, 0.2) is 0 Å². The van der Waals surface area contributed by atoms with Crippen molar-refractivity contribution < 1.29 is 9.90 Å². The van der Waals surface area contributed by atoms with E-state index in [0.29, 0.717) is 18.5 Å². The summed E-state index contributed by atoms with van der Waals surface area (Å²) in [5, 5.41) is 11.8. The van der Waals surface area contributed by atoms with E-state index >= 15 is 0 Å². The summed E-state index contributed by atoms with van der Waals surface area (Å²) in [5.41, 5.74) is 0.448. The quantitative estimate of drug-likeness (QED) is 0.485. The molecule has 0 rings (SSSR count). The molecule has 1 unspecified atom stereocenters. The number of carboxylic acids is 1. The normalized spacial score (nSPS) is 13.8. The van der Waals surface area contributed by atoms with E-state index in [0.717, 1.165) is 0 Å². The molecule has 0 bridgehead atoms. The summed E-state index contributed by atoms with van der Waals surface area (Å²) in [4.78, 5) is 10.6. The van der Waals surface area contributed by atoms with Crippen molar-refractivity contribution in [2.75, 3.05) is 6.54 Å². The SMILES string of the molecule is C=CC(C)NC/C=C(/CC)C(=O)O. The number of aliphatic carboxylic acids is 1. The summed E-state index contributed by atoms with van der Waals surface area (Å²) < 4.78 is 0. The average molecular weight is 183 g/mol. The Labute approximate surface area is 79.2 Å². The maximum absolute atomic E-state index is 10.6. The van der Waals surface area contributed by atoms with Crippen LogP contribution in [0.3, 0.4) is 0 Å². The summed E-state index contributed by atoms with van der Waals surface area (Å²) in [5.74, 6) is -0.837. The molecule has 3 nitrogen and oxygen atoms in total. The van der Waals surface area contributed by atoms with Crippen LogP contribution in [0.2, 0.25) is 0 Å². The summed E-state index contributed by atoms with van der Waals surface area (Å²) in [7, 11) is 0. The molecular formula is C10H17NO2. The smallest absolute Gasteiger partial charge is 0.331 e. The minimum absolute atomic E-state index is 0.211. The second-order valence-electron chi connectivity index (χ2n) is 2.82. The first kappa shape index (κ1) is 11.9. The number of hydrogen-bond acceptors (Lipinski definition) is 2. The molecule has 0 aromatic heterocycles.